The normalized spacial score (nSPS) is 15.7. The molecule has 0 bridgehead atoms. The van der Waals surface area contributed by atoms with Crippen LogP contribution in [0, 0.1) is 5.82 Å². The molecule has 5 rings (SSSR count). The Bertz CT molecular complexity index is 1440. The van der Waals surface area contributed by atoms with E-state index in [2.05, 4.69) is 48.4 Å². The molecule has 37 heavy (non-hydrogen) atoms. The van der Waals surface area contributed by atoms with E-state index in [1.165, 1.54) is 6.07 Å². The number of ether oxygens (including phenoxy) is 1. The van der Waals surface area contributed by atoms with Crippen LogP contribution in [0.25, 0.3) is 11.0 Å². The maximum Gasteiger partial charge on any atom is 0.270 e. The Labute approximate surface area is 223 Å². The van der Waals surface area contributed by atoms with E-state index in [9.17, 15) is 9.18 Å². The van der Waals surface area contributed by atoms with Crippen LogP contribution in [0.1, 0.15) is 30.3 Å². The largest absolute Gasteiger partial charge is 0.457 e. The van der Waals surface area contributed by atoms with Crippen molar-refractivity contribution >= 4 is 44.5 Å². The molecule has 8 nitrogen and oxygen atoms in total. The highest BCUT2D eigenvalue weighted by Gasteiger charge is 2.23. The van der Waals surface area contributed by atoms with Gasteiger partial charge in [0, 0.05) is 43.7 Å². The topological polar surface area (TPSA) is 84.3 Å². The standard InChI is InChI=1S/C27H28BrFN6O2/c1-3-35-12-4-5-18(35)16-31-26(36)24-15-20(10-11-30-24)37-19-7-9-25-23(14-19)33-27(34(25)2)32-17-6-8-21(28)22(29)13-17/h6-11,13-15,18H,3-5,12,16H2,1-2H3,(H,31,36)(H,32,33). The predicted octanol–water partition coefficient (Wildman–Crippen LogP) is 5.62. The van der Waals surface area contributed by atoms with Crippen molar-refractivity contribution in [2.45, 2.75) is 25.8 Å². The first-order valence-electron chi connectivity index (χ1n) is 12.3. The summed E-state index contributed by atoms with van der Waals surface area (Å²) in [7, 11) is 1.88. The van der Waals surface area contributed by atoms with Gasteiger partial charge in [0.15, 0.2) is 0 Å². The number of benzene rings is 2. The van der Waals surface area contributed by atoms with Crippen molar-refractivity contribution in [3.05, 3.63) is 70.7 Å². The SMILES string of the molecule is CCN1CCCC1CNC(=O)c1cc(Oc2ccc3c(c2)nc(Nc2ccc(Br)c(F)c2)n3C)ccn1. The van der Waals surface area contributed by atoms with Crippen molar-refractivity contribution in [1.82, 2.24) is 24.8 Å². The highest BCUT2D eigenvalue weighted by molar-refractivity contribution is 9.10. The molecule has 1 aliphatic rings. The second kappa shape index (κ2) is 10.9. The third kappa shape index (κ3) is 5.60. The number of anilines is 2. The Balaban J connectivity index is 1.28. The summed E-state index contributed by atoms with van der Waals surface area (Å²) in [6.07, 6.45) is 3.83. The minimum Gasteiger partial charge on any atom is -0.457 e. The third-order valence-electron chi connectivity index (χ3n) is 6.63. The molecule has 192 valence electrons. The van der Waals surface area contributed by atoms with E-state index in [4.69, 9.17) is 4.74 Å². The van der Waals surface area contributed by atoms with Crippen LogP contribution in [0.3, 0.4) is 0 Å². The molecule has 0 spiro atoms. The molecule has 4 aromatic rings. The van der Waals surface area contributed by atoms with Gasteiger partial charge in [-0.05, 0) is 78.3 Å². The number of carbonyl (C=O) groups excluding carboxylic acids is 1. The zero-order valence-corrected chi connectivity index (χ0v) is 22.3. The van der Waals surface area contributed by atoms with E-state index in [0.29, 0.717) is 51.4 Å². The summed E-state index contributed by atoms with van der Waals surface area (Å²) in [5.74, 6) is 1.09. The first-order valence-corrected chi connectivity index (χ1v) is 13.1. The predicted molar refractivity (Wildman–Crippen MR) is 145 cm³/mol. The molecule has 0 aliphatic carbocycles. The van der Waals surface area contributed by atoms with Gasteiger partial charge in [-0.2, -0.15) is 0 Å². The van der Waals surface area contributed by atoms with Gasteiger partial charge in [-0.25, -0.2) is 9.37 Å². The van der Waals surface area contributed by atoms with Gasteiger partial charge in [0.25, 0.3) is 5.91 Å². The average molecular weight is 567 g/mol. The maximum absolute atomic E-state index is 13.9. The summed E-state index contributed by atoms with van der Waals surface area (Å²) in [5, 5.41) is 6.16. The van der Waals surface area contributed by atoms with Crippen LogP contribution < -0.4 is 15.4 Å². The van der Waals surface area contributed by atoms with Crippen LogP contribution in [-0.2, 0) is 7.05 Å². The van der Waals surface area contributed by atoms with E-state index in [-0.39, 0.29) is 11.7 Å². The van der Waals surface area contributed by atoms with E-state index < -0.39 is 0 Å². The number of likely N-dealkylation sites (tertiary alicyclic amines) is 1. The number of nitrogens with zero attached hydrogens (tertiary/aromatic N) is 4. The molecule has 1 aliphatic heterocycles. The van der Waals surface area contributed by atoms with E-state index in [1.54, 1.807) is 30.5 Å². The van der Waals surface area contributed by atoms with Gasteiger partial charge >= 0.3 is 0 Å². The Morgan fingerprint density at radius 1 is 1.19 bits per heavy atom. The first kappa shape index (κ1) is 25.2. The number of imidazole rings is 1. The van der Waals surface area contributed by atoms with Crippen LogP contribution in [-0.4, -0.2) is 51.0 Å². The van der Waals surface area contributed by atoms with Crippen molar-refractivity contribution < 1.29 is 13.9 Å². The molecule has 1 atom stereocenters. The number of amides is 1. The molecule has 1 fully saturated rings. The van der Waals surface area contributed by atoms with Crippen molar-refractivity contribution in [2.24, 2.45) is 7.05 Å². The second-order valence-corrected chi connectivity index (χ2v) is 9.87. The summed E-state index contributed by atoms with van der Waals surface area (Å²) in [4.78, 5) is 24.0. The average Bonchev–Trinajstić information content (AvgIpc) is 3.48. The quantitative estimate of drug-likeness (QED) is 0.288. The van der Waals surface area contributed by atoms with Gasteiger partial charge in [0.1, 0.15) is 23.0 Å². The number of aryl methyl sites for hydroxylation is 1. The monoisotopic (exact) mass is 566 g/mol. The molecular formula is C27H28BrFN6O2. The fraction of sp³-hybridized carbons (Fsp3) is 0.296. The van der Waals surface area contributed by atoms with Crippen LogP contribution in [0.15, 0.2) is 59.2 Å². The van der Waals surface area contributed by atoms with Crippen molar-refractivity contribution in [3.63, 3.8) is 0 Å². The van der Waals surface area contributed by atoms with Gasteiger partial charge in [0.2, 0.25) is 5.95 Å². The lowest BCUT2D eigenvalue weighted by atomic mass is 10.2. The number of aromatic nitrogens is 3. The minimum atomic E-state index is -0.355. The van der Waals surface area contributed by atoms with Crippen LogP contribution in [0.4, 0.5) is 16.0 Å². The molecule has 0 radical (unpaired) electrons. The number of halogens is 2. The minimum absolute atomic E-state index is 0.214. The van der Waals surface area contributed by atoms with Crippen LogP contribution >= 0.6 is 15.9 Å². The third-order valence-corrected chi connectivity index (χ3v) is 7.27. The molecule has 0 saturated carbocycles. The van der Waals surface area contributed by atoms with Gasteiger partial charge < -0.3 is 19.9 Å². The molecule has 3 heterocycles. The summed E-state index contributed by atoms with van der Waals surface area (Å²) in [6.45, 7) is 4.83. The smallest absolute Gasteiger partial charge is 0.270 e. The fourth-order valence-corrected chi connectivity index (χ4v) is 4.88. The number of rotatable bonds is 8. The number of hydrogen-bond acceptors (Lipinski definition) is 6. The van der Waals surface area contributed by atoms with Crippen LogP contribution in [0.5, 0.6) is 11.5 Å². The lowest BCUT2D eigenvalue weighted by Crippen LogP contribution is -2.40. The lowest BCUT2D eigenvalue weighted by Gasteiger charge is -2.22. The summed E-state index contributed by atoms with van der Waals surface area (Å²) in [6, 6.07) is 14.1. The van der Waals surface area contributed by atoms with Gasteiger partial charge in [-0.3, -0.25) is 14.7 Å². The van der Waals surface area contributed by atoms with Gasteiger partial charge in [-0.1, -0.05) is 6.92 Å². The summed E-state index contributed by atoms with van der Waals surface area (Å²) in [5.41, 5.74) is 2.50. The zero-order chi connectivity index (χ0) is 25.9. The van der Waals surface area contributed by atoms with Gasteiger partial charge in [0.05, 0.1) is 15.5 Å². The Morgan fingerprint density at radius 3 is 2.84 bits per heavy atom. The molecule has 2 aromatic carbocycles. The molecule has 10 heteroatoms. The van der Waals surface area contributed by atoms with Crippen molar-refractivity contribution in [1.29, 1.82) is 0 Å². The number of carbonyl (C=O) groups is 1. The maximum atomic E-state index is 13.9. The van der Waals surface area contributed by atoms with E-state index >= 15 is 0 Å². The summed E-state index contributed by atoms with van der Waals surface area (Å²) >= 11 is 3.17. The second-order valence-electron chi connectivity index (χ2n) is 9.01. The number of fused-ring (bicyclic) bond motifs is 1. The molecular weight excluding hydrogens is 539 g/mol. The number of hydrogen-bond donors (Lipinski definition) is 2. The fourth-order valence-electron chi connectivity index (χ4n) is 4.64. The number of nitrogens with one attached hydrogen (secondary N) is 2. The molecule has 1 saturated heterocycles. The zero-order valence-electron chi connectivity index (χ0n) is 20.7. The summed E-state index contributed by atoms with van der Waals surface area (Å²) < 4.78 is 22.2. The van der Waals surface area contributed by atoms with E-state index in [1.807, 2.05) is 29.8 Å². The Hall–Kier alpha value is -3.50. The Kier molecular flexibility index (Phi) is 7.38. The highest BCUT2D eigenvalue weighted by atomic mass is 79.9. The number of pyridine rings is 1. The van der Waals surface area contributed by atoms with Crippen molar-refractivity contribution in [2.75, 3.05) is 25.0 Å². The molecule has 2 N–H and O–H groups in total. The van der Waals surface area contributed by atoms with E-state index in [0.717, 1.165) is 31.4 Å². The highest BCUT2D eigenvalue weighted by Crippen LogP contribution is 2.29. The Morgan fingerprint density at radius 2 is 2.03 bits per heavy atom. The number of likely N-dealkylation sites (N-methyl/N-ethyl adjacent to an activating group) is 1. The van der Waals surface area contributed by atoms with Crippen molar-refractivity contribution in [3.8, 4) is 11.5 Å². The molecule has 1 amide bonds. The molecule has 2 aromatic heterocycles. The van der Waals surface area contributed by atoms with Gasteiger partial charge in [-0.15, -0.1) is 0 Å². The molecule has 1 unspecified atom stereocenters. The van der Waals surface area contributed by atoms with Crippen LogP contribution in [0.2, 0.25) is 0 Å². The first-order chi connectivity index (χ1) is 17.9. The lowest BCUT2D eigenvalue weighted by molar-refractivity contribution is 0.0936.